The highest BCUT2D eigenvalue weighted by Gasteiger charge is 2.32. The molecule has 0 saturated heterocycles. The van der Waals surface area contributed by atoms with E-state index in [1.807, 2.05) is 4.72 Å². The number of rotatable bonds is 2. The molecule has 0 bridgehead atoms. The van der Waals surface area contributed by atoms with Gasteiger partial charge in [-0.25, -0.2) is 13.1 Å². The molecule has 0 aromatic heterocycles. The maximum atomic E-state index is 11.7. The van der Waals surface area contributed by atoms with Crippen molar-refractivity contribution in [1.82, 2.24) is 4.72 Å². The van der Waals surface area contributed by atoms with Crippen LogP contribution < -0.4 is 4.72 Å². The Morgan fingerprint density at radius 3 is 2.50 bits per heavy atom. The Morgan fingerprint density at radius 1 is 1.09 bits per heavy atom. The minimum absolute atomic E-state index is 0.0555. The Balaban J connectivity index is 2.20. The number of amides is 1. The third kappa shape index (κ3) is 2.30. The van der Waals surface area contributed by atoms with Gasteiger partial charge in [0.25, 0.3) is 15.9 Å². The SMILES string of the molecule is CC(=O)c1ccc(Cl)c(-c2ccc3c(c2)C(=O)NS3(=O)=O)c1. The molecule has 3 rings (SSSR count). The second kappa shape index (κ2) is 4.93. The van der Waals surface area contributed by atoms with E-state index in [2.05, 4.69) is 0 Å². The fourth-order valence-electron chi connectivity index (χ4n) is 2.31. The third-order valence-corrected chi connectivity index (χ3v) is 5.14. The Morgan fingerprint density at radius 2 is 1.82 bits per heavy atom. The molecule has 1 heterocycles. The third-order valence-electron chi connectivity index (χ3n) is 3.42. The summed E-state index contributed by atoms with van der Waals surface area (Å²) >= 11 is 6.15. The summed E-state index contributed by atoms with van der Waals surface area (Å²) in [6, 6.07) is 9.20. The number of fused-ring (bicyclic) bond motifs is 1. The zero-order valence-electron chi connectivity index (χ0n) is 11.4. The molecule has 0 fully saturated rings. The molecule has 112 valence electrons. The van der Waals surface area contributed by atoms with Crippen LogP contribution in [-0.4, -0.2) is 20.1 Å². The van der Waals surface area contributed by atoms with Crippen LogP contribution in [-0.2, 0) is 10.0 Å². The molecular weight excluding hydrogens is 326 g/mol. The number of carbonyl (C=O) groups is 2. The van der Waals surface area contributed by atoms with Gasteiger partial charge in [0.2, 0.25) is 0 Å². The van der Waals surface area contributed by atoms with Gasteiger partial charge in [0.1, 0.15) is 4.90 Å². The van der Waals surface area contributed by atoms with Crippen molar-refractivity contribution in [3.8, 4) is 11.1 Å². The fourth-order valence-corrected chi connectivity index (χ4v) is 3.69. The Kier molecular flexibility index (Phi) is 3.30. The molecule has 1 amide bonds. The molecule has 0 unspecified atom stereocenters. The summed E-state index contributed by atoms with van der Waals surface area (Å²) in [5.74, 6) is -0.782. The Bertz CT molecular complexity index is 935. The van der Waals surface area contributed by atoms with Gasteiger partial charge in [0.05, 0.1) is 5.56 Å². The number of Topliss-reactive ketones (excluding diaryl/α,β-unsaturated/α-hetero) is 1. The zero-order valence-corrected chi connectivity index (χ0v) is 13.0. The monoisotopic (exact) mass is 335 g/mol. The average Bonchev–Trinajstić information content (AvgIpc) is 2.68. The standard InChI is InChI=1S/C15H10ClNO4S/c1-8(18)9-2-4-13(16)11(6-9)10-3-5-14-12(7-10)15(19)17-22(14,20)21/h2-7H,1H3,(H,17,19). The normalized spacial score (nSPS) is 15.3. The van der Waals surface area contributed by atoms with Crippen LogP contribution in [0.25, 0.3) is 11.1 Å². The van der Waals surface area contributed by atoms with Crippen LogP contribution in [0, 0.1) is 0 Å². The molecule has 2 aromatic carbocycles. The van der Waals surface area contributed by atoms with Crippen molar-refractivity contribution < 1.29 is 18.0 Å². The first-order valence-corrected chi connectivity index (χ1v) is 8.18. The minimum Gasteiger partial charge on any atom is -0.295 e. The maximum absolute atomic E-state index is 11.7. The van der Waals surface area contributed by atoms with Crippen molar-refractivity contribution in [3.63, 3.8) is 0 Å². The van der Waals surface area contributed by atoms with E-state index < -0.39 is 15.9 Å². The highest BCUT2D eigenvalue weighted by atomic mass is 35.5. The number of halogens is 1. The first-order valence-electron chi connectivity index (χ1n) is 6.31. The van der Waals surface area contributed by atoms with Gasteiger partial charge in [0.15, 0.2) is 5.78 Å². The topological polar surface area (TPSA) is 80.3 Å². The van der Waals surface area contributed by atoms with Gasteiger partial charge in [-0.1, -0.05) is 17.7 Å². The fraction of sp³-hybridized carbons (Fsp3) is 0.0667. The van der Waals surface area contributed by atoms with E-state index in [1.54, 1.807) is 24.3 Å². The van der Waals surface area contributed by atoms with E-state index in [0.29, 0.717) is 21.7 Å². The predicted octanol–water partition coefficient (Wildman–Crippen LogP) is 2.64. The molecule has 0 spiro atoms. The number of hydrogen-bond donors (Lipinski definition) is 1. The number of ketones is 1. The highest BCUT2D eigenvalue weighted by molar-refractivity contribution is 7.90. The summed E-state index contributed by atoms with van der Waals surface area (Å²) in [5.41, 5.74) is 1.69. The van der Waals surface area contributed by atoms with E-state index in [0.717, 1.165) is 0 Å². The lowest BCUT2D eigenvalue weighted by atomic mass is 9.99. The molecule has 22 heavy (non-hydrogen) atoms. The van der Waals surface area contributed by atoms with E-state index >= 15 is 0 Å². The lowest BCUT2D eigenvalue weighted by Gasteiger charge is -2.07. The molecule has 0 atom stereocenters. The van der Waals surface area contributed by atoms with Gasteiger partial charge in [-0.05, 0) is 42.8 Å². The lowest BCUT2D eigenvalue weighted by molar-refractivity contribution is 0.0982. The summed E-state index contributed by atoms with van der Waals surface area (Å²) in [6.07, 6.45) is 0. The van der Waals surface area contributed by atoms with Gasteiger partial charge < -0.3 is 0 Å². The molecule has 2 aromatic rings. The van der Waals surface area contributed by atoms with Gasteiger partial charge in [-0.2, -0.15) is 0 Å². The van der Waals surface area contributed by atoms with Gasteiger partial charge >= 0.3 is 0 Å². The van der Waals surface area contributed by atoms with Crippen molar-refractivity contribution in [3.05, 3.63) is 52.5 Å². The summed E-state index contributed by atoms with van der Waals surface area (Å²) in [7, 11) is -3.77. The van der Waals surface area contributed by atoms with E-state index in [1.165, 1.54) is 19.1 Å². The summed E-state index contributed by atoms with van der Waals surface area (Å²) in [4.78, 5) is 23.2. The van der Waals surface area contributed by atoms with Gasteiger partial charge in [0, 0.05) is 16.1 Å². The van der Waals surface area contributed by atoms with Crippen LogP contribution in [0.4, 0.5) is 0 Å². The molecule has 1 aliphatic rings. The van der Waals surface area contributed by atoms with E-state index in [-0.39, 0.29) is 16.2 Å². The summed E-state index contributed by atoms with van der Waals surface area (Å²) in [6.45, 7) is 1.44. The Hall–Kier alpha value is -2.18. The van der Waals surface area contributed by atoms with Crippen molar-refractivity contribution in [1.29, 1.82) is 0 Å². The number of hydrogen-bond acceptors (Lipinski definition) is 4. The molecule has 0 saturated carbocycles. The zero-order chi connectivity index (χ0) is 16.1. The van der Waals surface area contributed by atoms with Gasteiger partial charge in [-0.15, -0.1) is 0 Å². The van der Waals surface area contributed by atoms with Crippen LogP contribution in [0.5, 0.6) is 0 Å². The van der Waals surface area contributed by atoms with Crippen molar-refractivity contribution >= 4 is 33.3 Å². The maximum Gasteiger partial charge on any atom is 0.266 e. The Labute approximate surface area is 132 Å². The molecule has 7 heteroatoms. The van der Waals surface area contributed by atoms with Crippen LogP contribution in [0.1, 0.15) is 27.6 Å². The second-order valence-corrected chi connectivity index (χ2v) is 6.95. The second-order valence-electron chi connectivity index (χ2n) is 4.90. The predicted molar refractivity (Wildman–Crippen MR) is 81.5 cm³/mol. The first-order chi connectivity index (χ1) is 10.3. The van der Waals surface area contributed by atoms with E-state index in [4.69, 9.17) is 11.6 Å². The van der Waals surface area contributed by atoms with Crippen molar-refractivity contribution in [2.75, 3.05) is 0 Å². The molecule has 0 radical (unpaired) electrons. The molecule has 0 aliphatic carbocycles. The smallest absolute Gasteiger partial charge is 0.266 e. The van der Waals surface area contributed by atoms with Crippen LogP contribution in [0.2, 0.25) is 5.02 Å². The molecular formula is C15H10ClNO4S. The quantitative estimate of drug-likeness (QED) is 0.855. The number of sulfonamides is 1. The highest BCUT2D eigenvalue weighted by Crippen LogP contribution is 2.33. The molecule has 1 N–H and O–H groups in total. The summed E-state index contributed by atoms with van der Waals surface area (Å²) < 4.78 is 25.4. The first kappa shape index (κ1) is 14.7. The van der Waals surface area contributed by atoms with Crippen molar-refractivity contribution in [2.24, 2.45) is 0 Å². The van der Waals surface area contributed by atoms with Crippen LogP contribution in [0.15, 0.2) is 41.3 Å². The number of nitrogens with one attached hydrogen (secondary N) is 1. The summed E-state index contributed by atoms with van der Waals surface area (Å²) in [5, 5.41) is 0.409. The lowest BCUT2D eigenvalue weighted by Crippen LogP contribution is -2.20. The molecule has 5 nitrogen and oxygen atoms in total. The number of benzene rings is 2. The van der Waals surface area contributed by atoms with Gasteiger partial charge in [-0.3, -0.25) is 9.59 Å². The average molecular weight is 336 g/mol. The van der Waals surface area contributed by atoms with Crippen LogP contribution in [0.3, 0.4) is 0 Å². The van der Waals surface area contributed by atoms with Crippen LogP contribution >= 0.6 is 11.6 Å². The minimum atomic E-state index is -3.77. The number of carbonyl (C=O) groups excluding carboxylic acids is 2. The molecule has 1 aliphatic heterocycles. The van der Waals surface area contributed by atoms with E-state index in [9.17, 15) is 18.0 Å². The van der Waals surface area contributed by atoms with Crippen molar-refractivity contribution in [2.45, 2.75) is 11.8 Å². The largest absolute Gasteiger partial charge is 0.295 e.